The molecule has 0 unspecified atom stereocenters. The van der Waals surface area contributed by atoms with Crippen LogP contribution < -0.4 is 5.32 Å². The van der Waals surface area contributed by atoms with E-state index in [9.17, 15) is 13.2 Å². The van der Waals surface area contributed by atoms with Crippen LogP contribution in [0.2, 0.25) is 0 Å². The Balaban J connectivity index is 1.59. The van der Waals surface area contributed by atoms with Gasteiger partial charge in [0.15, 0.2) is 0 Å². The van der Waals surface area contributed by atoms with E-state index in [-0.39, 0.29) is 11.9 Å². The van der Waals surface area contributed by atoms with Gasteiger partial charge >= 0.3 is 0 Å². The molecule has 1 heterocycles. The van der Waals surface area contributed by atoms with Crippen LogP contribution in [0.15, 0.2) is 57.9 Å². The molecule has 1 aliphatic rings. The van der Waals surface area contributed by atoms with Crippen molar-refractivity contribution in [2.24, 2.45) is 0 Å². The number of hydrogen-bond acceptors (Lipinski definition) is 3. The molecule has 2 aromatic rings. The number of sulfonamides is 1. The number of hydrogen-bond donors (Lipinski definition) is 1. The van der Waals surface area contributed by atoms with Crippen molar-refractivity contribution in [3.05, 3.63) is 64.1 Å². The monoisotopic (exact) mass is 436 g/mol. The van der Waals surface area contributed by atoms with E-state index in [0.29, 0.717) is 36.4 Å². The number of aryl methyl sites for hydroxylation is 1. The minimum atomic E-state index is -3.47. The molecule has 0 saturated carbocycles. The fraction of sp³-hybridized carbons (Fsp3) is 0.316. The van der Waals surface area contributed by atoms with Crippen LogP contribution in [0.4, 0.5) is 0 Å². The molecule has 1 N–H and O–H groups in total. The highest BCUT2D eigenvalue weighted by atomic mass is 79.9. The molecule has 7 heteroatoms. The summed E-state index contributed by atoms with van der Waals surface area (Å²) in [5, 5.41) is 3.00. The number of piperidine rings is 1. The number of benzene rings is 2. The van der Waals surface area contributed by atoms with E-state index in [1.807, 2.05) is 19.1 Å². The van der Waals surface area contributed by atoms with Gasteiger partial charge in [0.2, 0.25) is 10.0 Å². The zero-order valence-electron chi connectivity index (χ0n) is 14.5. The lowest BCUT2D eigenvalue weighted by molar-refractivity contribution is 0.0924. The largest absolute Gasteiger partial charge is 0.349 e. The second-order valence-electron chi connectivity index (χ2n) is 6.47. The molecule has 5 nitrogen and oxygen atoms in total. The lowest BCUT2D eigenvalue weighted by Crippen LogP contribution is -2.46. The molecule has 0 aromatic heterocycles. The Morgan fingerprint density at radius 3 is 2.19 bits per heavy atom. The number of carbonyl (C=O) groups excluding carboxylic acids is 1. The minimum absolute atomic E-state index is 0.0179. The molecule has 0 spiro atoms. The fourth-order valence-corrected chi connectivity index (χ4v) is 4.70. The molecule has 0 radical (unpaired) electrons. The van der Waals surface area contributed by atoms with Crippen LogP contribution in [-0.4, -0.2) is 37.8 Å². The Morgan fingerprint density at radius 1 is 1.04 bits per heavy atom. The molecule has 138 valence electrons. The normalized spacial score (nSPS) is 16.4. The van der Waals surface area contributed by atoms with Crippen LogP contribution in [0, 0.1) is 6.92 Å². The van der Waals surface area contributed by atoms with Gasteiger partial charge in [0.1, 0.15) is 0 Å². The molecule has 1 amide bonds. The number of carbonyl (C=O) groups is 1. The van der Waals surface area contributed by atoms with Crippen LogP contribution in [0.25, 0.3) is 0 Å². The molecule has 1 fully saturated rings. The first-order valence-electron chi connectivity index (χ1n) is 8.49. The van der Waals surface area contributed by atoms with Crippen LogP contribution >= 0.6 is 15.9 Å². The van der Waals surface area contributed by atoms with E-state index >= 15 is 0 Å². The standard InChI is InChI=1S/C19H21BrN2O3S/c1-14-2-8-18(9-3-14)26(24,25)22-12-10-17(11-13-22)21-19(23)15-4-6-16(20)7-5-15/h2-9,17H,10-13H2,1H3,(H,21,23). The Kier molecular flexibility index (Phi) is 5.79. The number of halogens is 1. The molecule has 2 aromatic carbocycles. The highest BCUT2D eigenvalue weighted by Crippen LogP contribution is 2.21. The van der Waals surface area contributed by atoms with Crippen molar-refractivity contribution in [1.29, 1.82) is 0 Å². The highest BCUT2D eigenvalue weighted by Gasteiger charge is 2.29. The Bertz CT molecular complexity index is 872. The summed E-state index contributed by atoms with van der Waals surface area (Å²) in [6.07, 6.45) is 1.21. The number of rotatable bonds is 4. The molecule has 26 heavy (non-hydrogen) atoms. The zero-order valence-corrected chi connectivity index (χ0v) is 16.9. The molecule has 1 saturated heterocycles. The van der Waals surface area contributed by atoms with E-state index in [4.69, 9.17) is 0 Å². The lowest BCUT2D eigenvalue weighted by Gasteiger charge is -2.31. The van der Waals surface area contributed by atoms with E-state index in [0.717, 1.165) is 10.0 Å². The number of amides is 1. The average Bonchev–Trinajstić information content (AvgIpc) is 2.63. The predicted molar refractivity (Wildman–Crippen MR) is 105 cm³/mol. The maximum atomic E-state index is 12.7. The van der Waals surface area contributed by atoms with Crippen molar-refractivity contribution in [2.45, 2.75) is 30.7 Å². The highest BCUT2D eigenvalue weighted by molar-refractivity contribution is 9.10. The van der Waals surface area contributed by atoms with E-state index < -0.39 is 10.0 Å². The lowest BCUT2D eigenvalue weighted by atomic mass is 10.1. The molecule has 0 bridgehead atoms. The van der Waals surface area contributed by atoms with Gasteiger partial charge in [-0.1, -0.05) is 33.6 Å². The van der Waals surface area contributed by atoms with Gasteiger partial charge < -0.3 is 5.32 Å². The van der Waals surface area contributed by atoms with Crippen molar-refractivity contribution < 1.29 is 13.2 Å². The summed E-state index contributed by atoms with van der Waals surface area (Å²) in [6.45, 7) is 2.74. The van der Waals surface area contributed by atoms with Crippen molar-refractivity contribution in [3.8, 4) is 0 Å². The topological polar surface area (TPSA) is 66.5 Å². The third-order valence-corrected chi connectivity index (χ3v) is 7.00. The molecule has 3 rings (SSSR count). The summed E-state index contributed by atoms with van der Waals surface area (Å²) in [5.74, 6) is -0.127. The van der Waals surface area contributed by atoms with Gasteiger partial charge in [-0.05, 0) is 56.2 Å². The molecule has 1 aliphatic heterocycles. The first kappa shape index (κ1) is 19.1. The van der Waals surface area contributed by atoms with Gasteiger partial charge in [-0.25, -0.2) is 8.42 Å². The maximum Gasteiger partial charge on any atom is 0.251 e. The predicted octanol–water partition coefficient (Wildman–Crippen LogP) is 3.34. The van der Waals surface area contributed by atoms with Gasteiger partial charge in [0, 0.05) is 29.2 Å². The minimum Gasteiger partial charge on any atom is -0.349 e. The molecule has 0 atom stereocenters. The van der Waals surface area contributed by atoms with Gasteiger partial charge in [0.05, 0.1) is 4.90 Å². The second-order valence-corrected chi connectivity index (χ2v) is 9.33. The zero-order chi connectivity index (χ0) is 18.7. The Labute approximate surface area is 162 Å². The summed E-state index contributed by atoms with van der Waals surface area (Å²) in [7, 11) is -3.47. The van der Waals surface area contributed by atoms with Gasteiger partial charge in [0.25, 0.3) is 5.91 Å². The average molecular weight is 437 g/mol. The Hall–Kier alpha value is -1.70. The number of nitrogens with one attached hydrogen (secondary N) is 1. The van der Waals surface area contributed by atoms with Crippen LogP contribution in [0.5, 0.6) is 0 Å². The maximum absolute atomic E-state index is 12.7. The SMILES string of the molecule is Cc1ccc(S(=O)(=O)N2CCC(NC(=O)c3ccc(Br)cc3)CC2)cc1. The summed E-state index contributed by atoms with van der Waals surface area (Å²) in [4.78, 5) is 12.6. The van der Waals surface area contributed by atoms with Crippen LogP contribution in [-0.2, 0) is 10.0 Å². The molecule has 0 aliphatic carbocycles. The molecular formula is C19H21BrN2O3S. The van der Waals surface area contributed by atoms with Gasteiger partial charge in [-0.15, -0.1) is 0 Å². The van der Waals surface area contributed by atoms with E-state index in [1.54, 1.807) is 36.4 Å². The summed E-state index contributed by atoms with van der Waals surface area (Å²) >= 11 is 3.35. The van der Waals surface area contributed by atoms with Crippen molar-refractivity contribution in [1.82, 2.24) is 9.62 Å². The quantitative estimate of drug-likeness (QED) is 0.798. The van der Waals surface area contributed by atoms with E-state index in [2.05, 4.69) is 21.2 Å². The van der Waals surface area contributed by atoms with Crippen molar-refractivity contribution in [3.63, 3.8) is 0 Å². The summed E-state index contributed by atoms with van der Waals surface area (Å²) < 4.78 is 27.8. The first-order valence-corrected chi connectivity index (χ1v) is 10.7. The first-order chi connectivity index (χ1) is 12.4. The third-order valence-electron chi connectivity index (χ3n) is 4.55. The van der Waals surface area contributed by atoms with Crippen molar-refractivity contribution in [2.75, 3.05) is 13.1 Å². The summed E-state index contributed by atoms with van der Waals surface area (Å²) in [5.41, 5.74) is 1.63. The second kappa shape index (κ2) is 7.90. The van der Waals surface area contributed by atoms with Crippen LogP contribution in [0.1, 0.15) is 28.8 Å². The Morgan fingerprint density at radius 2 is 1.62 bits per heavy atom. The third kappa shape index (κ3) is 4.34. The van der Waals surface area contributed by atoms with Crippen molar-refractivity contribution >= 4 is 31.9 Å². The smallest absolute Gasteiger partial charge is 0.251 e. The van der Waals surface area contributed by atoms with Gasteiger partial charge in [-0.2, -0.15) is 4.31 Å². The van der Waals surface area contributed by atoms with Crippen LogP contribution in [0.3, 0.4) is 0 Å². The van der Waals surface area contributed by atoms with Gasteiger partial charge in [-0.3, -0.25) is 4.79 Å². The summed E-state index contributed by atoms with van der Waals surface area (Å²) in [6, 6.07) is 14.0. The number of nitrogens with zero attached hydrogens (tertiary/aromatic N) is 1. The fourth-order valence-electron chi connectivity index (χ4n) is 2.97. The molecular weight excluding hydrogens is 416 g/mol. The van der Waals surface area contributed by atoms with E-state index in [1.165, 1.54) is 4.31 Å².